The van der Waals surface area contributed by atoms with Crippen LogP contribution in [0, 0.1) is 10.8 Å². The highest BCUT2D eigenvalue weighted by Gasteiger charge is 2.30. The second-order valence-corrected chi connectivity index (χ2v) is 7.54. The maximum atomic E-state index is 12.0. The van der Waals surface area contributed by atoms with E-state index < -0.39 is 30.7 Å². The van der Waals surface area contributed by atoms with Crippen LogP contribution in [-0.4, -0.2) is 37.3 Å². The average molecular weight is 345 g/mol. The molecule has 0 spiro atoms. The first-order valence-corrected chi connectivity index (χ1v) is 8.10. The van der Waals surface area contributed by atoms with E-state index in [-0.39, 0.29) is 23.9 Å². The van der Waals surface area contributed by atoms with E-state index in [2.05, 4.69) is 30.2 Å². The SMILES string of the molecule is CCC(C)(C)CC(C)(C)CC(=O)OCC(N)C(=O)OCOC(C)=O. The van der Waals surface area contributed by atoms with Crippen molar-refractivity contribution in [1.82, 2.24) is 0 Å². The van der Waals surface area contributed by atoms with Crippen molar-refractivity contribution in [3.63, 3.8) is 0 Å². The molecule has 0 aromatic carbocycles. The first kappa shape index (κ1) is 22.4. The smallest absolute Gasteiger partial charge is 0.329 e. The fourth-order valence-corrected chi connectivity index (χ4v) is 2.45. The quantitative estimate of drug-likeness (QED) is 0.478. The number of hydrogen-bond donors (Lipinski definition) is 1. The van der Waals surface area contributed by atoms with E-state index in [9.17, 15) is 14.4 Å². The molecule has 0 radical (unpaired) electrons. The standard InChI is InChI=1S/C17H31NO6/c1-7-16(3,4)10-17(5,6)8-14(20)22-9-13(18)15(21)24-11-23-12(2)19/h13H,7-11,18H2,1-6H3. The van der Waals surface area contributed by atoms with Crippen LogP contribution in [0.3, 0.4) is 0 Å². The van der Waals surface area contributed by atoms with Crippen molar-refractivity contribution in [3.05, 3.63) is 0 Å². The van der Waals surface area contributed by atoms with Crippen LogP contribution in [0.1, 0.15) is 60.8 Å². The minimum atomic E-state index is -1.11. The lowest BCUT2D eigenvalue weighted by Crippen LogP contribution is -2.38. The first-order valence-electron chi connectivity index (χ1n) is 8.10. The van der Waals surface area contributed by atoms with Gasteiger partial charge in [0, 0.05) is 6.92 Å². The Morgan fingerprint density at radius 1 is 1.00 bits per heavy atom. The number of ether oxygens (including phenoxy) is 3. The molecule has 0 fully saturated rings. The van der Waals surface area contributed by atoms with Crippen molar-refractivity contribution < 1.29 is 28.6 Å². The van der Waals surface area contributed by atoms with Crippen molar-refractivity contribution in [2.75, 3.05) is 13.4 Å². The largest absolute Gasteiger partial charge is 0.463 e. The van der Waals surface area contributed by atoms with Gasteiger partial charge in [0.15, 0.2) is 0 Å². The van der Waals surface area contributed by atoms with E-state index in [0.29, 0.717) is 0 Å². The molecule has 0 saturated heterocycles. The summed E-state index contributed by atoms with van der Waals surface area (Å²) in [6, 6.07) is -1.11. The van der Waals surface area contributed by atoms with E-state index in [1.807, 2.05) is 13.8 Å². The summed E-state index contributed by atoms with van der Waals surface area (Å²) in [5.74, 6) is -1.77. The summed E-state index contributed by atoms with van der Waals surface area (Å²) in [6.07, 6.45) is 2.14. The predicted molar refractivity (Wildman–Crippen MR) is 88.7 cm³/mol. The Hall–Kier alpha value is -1.63. The molecule has 0 aromatic rings. The number of nitrogens with two attached hydrogens (primary N) is 1. The number of carbonyl (C=O) groups is 3. The van der Waals surface area contributed by atoms with Gasteiger partial charge in [0.1, 0.15) is 12.6 Å². The predicted octanol–water partition coefficient (Wildman–Crippen LogP) is 2.16. The lowest BCUT2D eigenvalue weighted by atomic mass is 9.72. The average Bonchev–Trinajstić information content (AvgIpc) is 2.42. The molecule has 24 heavy (non-hydrogen) atoms. The van der Waals surface area contributed by atoms with E-state index >= 15 is 0 Å². The molecule has 0 aliphatic carbocycles. The van der Waals surface area contributed by atoms with Crippen LogP contribution in [-0.2, 0) is 28.6 Å². The minimum Gasteiger partial charge on any atom is -0.463 e. The molecule has 0 amide bonds. The van der Waals surface area contributed by atoms with Gasteiger partial charge in [0.2, 0.25) is 6.79 Å². The van der Waals surface area contributed by atoms with E-state index in [1.54, 1.807) is 0 Å². The van der Waals surface area contributed by atoms with Crippen LogP contribution in [0.15, 0.2) is 0 Å². The van der Waals surface area contributed by atoms with E-state index in [0.717, 1.165) is 12.8 Å². The molecule has 7 nitrogen and oxygen atoms in total. The van der Waals surface area contributed by atoms with Crippen molar-refractivity contribution in [2.24, 2.45) is 16.6 Å². The molecule has 2 N–H and O–H groups in total. The van der Waals surface area contributed by atoms with Gasteiger partial charge in [-0.2, -0.15) is 0 Å². The van der Waals surface area contributed by atoms with Gasteiger partial charge in [-0.3, -0.25) is 14.4 Å². The Labute approximate surface area is 144 Å². The Kier molecular flexibility index (Phi) is 8.96. The van der Waals surface area contributed by atoms with Gasteiger partial charge in [0.25, 0.3) is 0 Å². The van der Waals surface area contributed by atoms with Crippen molar-refractivity contribution in [3.8, 4) is 0 Å². The maximum Gasteiger partial charge on any atom is 0.329 e. The summed E-state index contributed by atoms with van der Waals surface area (Å²) in [6.45, 7) is 10.9. The molecule has 0 aliphatic heterocycles. The molecule has 0 heterocycles. The third kappa shape index (κ3) is 10.2. The summed E-state index contributed by atoms with van der Waals surface area (Å²) < 4.78 is 14.2. The molecule has 0 aromatic heterocycles. The van der Waals surface area contributed by atoms with Crippen LogP contribution in [0.4, 0.5) is 0 Å². The molecule has 0 aliphatic rings. The zero-order chi connectivity index (χ0) is 19.0. The minimum absolute atomic E-state index is 0.140. The van der Waals surface area contributed by atoms with Gasteiger partial charge in [-0.1, -0.05) is 41.0 Å². The molecule has 0 saturated carbocycles. The van der Waals surface area contributed by atoms with Crippen molar-refractivity contribution in [2.45, 2.75) is 66.8 Å². The highest BCUT2D eigenvalue weighted by Crippen LogP contribution is 2.38. The topological polar surface area (TPSA) is 105 Å². The van der Waals surface area contributed by atoms with Crippen LogP contribution in [0.2, 0.25) is 0 Å². The van der Waals surface area contributed by atoms with E-state index in [1.165, 1.54) is 6.92 Å². The number of esters is 3. The summed E-state index contributed by atoms with van der Waals surface area (Å²) in [5.41, 5.74) is 5.50. The highest BCUT2D eigenvalue weighted by molar-refractivity contribution is 5.76. The Morgan fingerprint density at radius 3 is 2.08 bits per heavy atom. The number of rotatable bonds is 10. The van der Waals surface area contributed by atoms with Crippen molar-refractivity contribution >= 4 is 17.9 Å². The fraction of sp³-hybridized carbons (Fsp3) is 0.824. The van der Waals surface area contributed by atoms with Crippen LogP contribution in [0.25, 0.3) is 0 Å². The first-order chi connectivity index (χ1) is 10.9. The number of carbonyl (C=O) groups excluding carboxylic acids is 3. The summed E-state index contributed by atoms with van der Waals surface area (Å²) in [4.78, 5) is 34.0. The third-order valence-electron chi connectivity index (χ3n) is 3.73. The summed E-state index contributed by atoms with van der Waals surface area (Å²) >= 11 is 0. The van der Waals surface area contributed by atoms with Gasteiger partial charge >= 0.3 is 17.9 Å². The van der Waals surface area contributed by atoms with Gasteiger partial charge < -0.3 is 19.9 Å². The van der Waals surface area contributed by atoms with Gasteiger partial charge in [-0.15, -0.1) is 0 Å². The zero-order valence-corrected chi connectivity index (χ0v) is 15.6. The molecule has 0 bridgehead atoms. The lowest BCUT2D eigenvalue weighted by molar-refractivity contribution is -0.167. The molecular weight excluding hydrogens is 314 g/mol. The molecule has 7 heteroatoms. The van der Waals surface area contributed by atoms with Crippen LogP contribution < -0.4 is 5.73 Å². The second-order valence-electron chi connectivity index (χ2n) is 7.54. The number of hydrogen-bond acceptors (Lipinski definition) is 7. The molecule has 0 rings (SSSR count). The van der Waals surface area contributed by atoms with Gasteiger partial charge in [0.05, 0.1) is 6.42 Å². The second kappa shape index (κ2) is 9.61. The van der Waals surface area contributed by atoms with Crippen LogP contribution >= 0.6 is 0 Å². The van der Waals surface area contributed by atoms with Gasteiger partial charge in [-0.25, -0.2) is 0 Å². The lowest BCUT2D eigenvalue weighted by Gasteiger charge is -2.33. The van der Waals surface area contributed by atoms with E-state index in [4.69, 9.17) is 10.5 Å². The Morgan fingerprint density at radius 2 is 1.58 bits per heavy atom. The van der Waals surface area contributed by atoms with Crippen molar-refractivity contribution in [1.29, 1.82) is 0 Å². The normalized spacial score (nSPS) is 13.1. The highest BCUT2D eigenvalue weighted by atomic mass is 16.7. The van der Waals surface area contributed by atoms with Crippen LogP contribution in [0.5, 0.6) is 0 Å². The molecule has 140 valence electrons. The molecule has 1 atom stereocenters. The third-order valence-corrected chi connectivity index (χ3v) is 3.73. The molecular formula is C17H31NO6. The molecule has 1 unspecified atom stereocenters. The monoisotopic (exact) mass is 345 g/mol. The Balaban J connectivity index is 4.24. The van der Waals surface area contributed by atoms with Gasteiger partial charge in [-0.05, 0) is 17.3 Å². The zero-order valence-electron chi connectivity index (χ0n) is 15.6. The summed E-state index contributed by atoms with van der Waals surface area (Å²) in [5, 5.41) is 0. The fourth-order valence-electron chi connectivity index (χ4n) is 2.45. The maximum absolute atomic E-state index is 12.0. The Bertz CT molecular complexity index is 444. The summed E-state index contributed by atoms with van der Waals surface area (Å²) in [7, 11) is 0.